The maximum atomic E-state index is 14.5. The van der Waals surface area contributed by atoms with Crippen molar-refractivity contribution in [3.8, 4) is 11.4 Å². The Labute approximate surface area is 225 Å². The van der Waals surface area contributed by atoms with Crippen LogP contribution in [0.15, 0.2) is 42.5 Å². The monoisotopic (exact) mass is 533 g/mol. The fourth-order valence-electron chi connectivity index (χ4n) is 5.57. The predicted molar refractivity (Wildman–Crippen MR) is 139 cm³/mol. The van der Waals surface area contributed by atoms with Gasteiger partial charge >= 0.3 is 0 Å². The number of ether oxygens (including phenoxy) is 1. The smallest absolute Gasteiger partial charge is 0.255 e. The van der Waals surface area contributed by atoms with Gasteiger partial charge in [-0.05, 0) is 29.7 Å². The second kappa shape index (κ2) is 10.8. The highest BCUT2D eigenvalue weighted by atomic mass is 19.1. The van der Waals surface area contributed by atoms with Gasteiger partial charge in [0, 0.05) is 39.1 Å². The van der Waals surface area contributed by atoms with Crippen LogP contribution in [0.5, 0.6) is 0 Å². The number of halogens is 2. The first-order valence-corrected chi connectivity index (χ1v) is 13.3. The van der Waals surface area contributed by atoms with E-state index in [0.717, 1.165) is 75.6 Å². The summed E-state index contributed by atoms with van der Waals surface area (Å²) < 4.78 is 34.4. The fraction of sp³-hybridized carbons (Fsp3) is 0.379. The number of likely N-dealkylation sites (tertiary alicyclic amines) is 1. The SMILES string of the molecule is O=C1NCc2nc(-c3c(F)cccc3F)nc(Cc3ccc([C@@H]4CCN(CCN5CCOCC5)C4=O)cc3)c21. The van der Waals surface area contributed by atoms with Crippen LogP contribution >= 0.6 is 0 Å². The molecule has 202 valence electrons. The van der Waals surface area contributed by atoms with Gasteiger partial charge in [0.1, 0.15) is 11.6 Å². The Balaban J connectivity index is 1.18. The van der Waals surface area contributed by atoms with Crippen LogP contribution in [0.4, 0.5) is 8.78 Å². The first kappa shape index (κ1) is 25.5. The summed E-state index contributed by atoms with van der Waals surface area (Å²) in [6, 6.07) is 11.3. The molecule has 0 saturated carbocycles. The highest BCUT2D eigenvalue weighted by Crippen LogP contribution is 2.30. The Morgan fingerprint density at radius 3 is 2.41 bits per heavy atom. The van der Waals surface area contributed by atoms with E-state index >= 15 is 0 Å². The normalized spacial score (nSPS) is 19.4. The minimum Gasteiger partial charge on any atom is -0.379 e. The van der Waals surface area contributed by atoms with Crippen LogP contribution in [0.2, 0.25) is 0 Å². The molecule has 3 aliphatic heterocycles. The van der Waals surface area contributed by atoms with Crippen LogP contribution in [0, 0.1) is 11.6 Å². The van der Waals surface area contributed by atoms with E-state index in [0.29, 0.717) is 17.0 Å². The molecule has 2 fully saturated rings. The molecule has 2 aromatic carbocycles. The van der Waals surface area contributed by atoms with Crippen LogP contribution in [0.1, 0.15) is 45.2 Å². The van der Waals surface area contributed by atoms with Crippen LogP contribution in [-0.2, 0) is 22.5 Å². The lowest BCUT2D eigenvalue weighted by molar-refractivity contribution is -0.129. The summed E-state index contributed by atoms with van der Waals surface area (Å²) in [5.41, 5.74) is 2.70. The Kier molecular flexibility index (Phi) is 7.05. The van der Waals surface area contributed by atoms with Crippen LogP contribution in [0.25, 0.3) is 11.4 Å². The molecule has 4 heterocycles. The maximum Gasteiger partial charge on any atom is 0.255 e. The van der Waals surface area contributed by atoms with E-state index in [4.69, 9.17) is 4.74 Å². The molecule has 0 bridgehead atoms. The summed E-state index contributed by atoms with van der Waals surface area (Å²) in [7, 11) is 0. The molecule has 1 N–H and O–H groups in total. The quantitative estimate of drug-likeness (QED) is 0.503. The predicted octanol–water partition coefficient (Wildman–Crippen LogP) is 2.90. The average Bonchev–Trinajstić information content (AvgIpc) is 3.50. The number of rotatable bonds is 7. The van der Waals surface area contributed by atoms with E-state index in [2.05, 4.69) is 20.2 Å². The minimum atomic E-state index is -0.761. The van der Waals surface area contributed by atoms with E-state index in [1.165, 1.54) is 6.07 Å². The van der Waals surface area contributed by atoms with Gasteiger partial charge in [-0.1, -0.05) is 30.3 Å². The van der Waals surface area contributed by atoms with Gasteiger partial charge in [0.15, 0.2) is 5.82 Å². The molecule has 2 amide bonds. The molecule has 39 heavy (non-hydrogen) atoms. The van der Waals surface area contributed by atoms with Crippen molar-refractivity contribution in [1.29, 1.82) is 0 Å². The van der Waals surface area contributed by atoms with Gasteiger partial charge in [-0.15, -0.1) is 0 Å². The number of morpholine rings is 1. The van der Waals surface area contributed by atoms with Crippen molar-refractivity contribution in [2.24, 2.45) is 0 Å². The molecule has 0 spiro atoms. The summed E-state index contributed by atoms with van der Waals surface area (Å²) in [4.78, 5) is 38.6. The number of carbonyl (C=O) groups is 2. The molecule has 0 radical (unpaired) electrons. The largest absolute Gasteiger partial charge is 0.379 e. The molecule has 8 nitrogen and oxygen atoms in total. The standard InChI is InChI=1S/C29H29F2N5O3/c30-21-2-1-3-22(31)25(21)27-33-23(26-24(34-27)17-32-28(26)37)16-18-4-6-19(7-5-18)20-8-9-36(29(20)38)11-10-35-12-14-39-15-13-35/h1-7,20H,8-17H2,(H,32,37)/t20-/m0/s1. The Morgan fingerprint density at radius 2 is 1.67 bits per heavy atom. The lowest BCUT2D eigenvalue weighted by Gasteiger charge is -2.28. The van der Waals surface area contributed by atoms with Crippen molar-refractivity contribution in [1.82, 2.24) is 25.1 Å². The summed E-state index contributed by atoms with van der Waals surface area (Å²) in [6.45, 7) is 5.79. The molecule has 1 atom stereocenters. The van der Waals surface area contributed by atoms with Crippen LogP contribution in [-0.4, -0.2) is 77.5 Å². The minimum absolute atomic E-state index is 0.0822. The van der Waals surface area contributed by atoms with Crippen molar-refractivity contribution in [3.63, 3.8) is 0 Å². The topological polar surface area (TPSA) is 87.7 Å². The Bertz CT molecular complexity index is 1390. The molecule has 0 unspecified atom stereocenters. The van der Waals surface area contributed by atoms with Crippen LogP contribution < -0.4 is 5.32 Å². The molecular formula is C29H29F2N5O3. The number of aromatic nitrogens is 2. The number of benzene rings is 2. The number of nitrogens with zero attached hydrogens (tertiary/aromatic N) is 4. The van der Waals surface area contributed by atoms with Gasteiger partial charge in [-0.2, -0.15) is 0 Å². The van der Waals surface area contributed by atoms with Gasteiger partial charge in [-0.25, -0.2) is 18.7 Å². The molecular weight excluding hydrogens is 504 g/mol. The van der Waals surface area contributed by atoms with Gasteiger partial charge in [0.05, 0.1) is 48.2 Å². The Morgan fingerprint density at radius 1 is 0.923 bits per heavy atom. The molecule has 0 aliphatic carbocycles. The van der Waals surface area contributed by atoms with Crippen molar-refractivity contribution in [2.75, 3.05) is 45.9 Å². The van der Waals surface area contributed by atoms with Crippen molar-refractivity contribution < 1.29 is 23.1 Å². The molecule has 3 aliphatic rings. The van der Waals surface area contributed by atoms with Gasteiger partial charge in [-0.3, -0.25) is 14.5 Å². The third-order valence-corrected chi connectivity index (χ3v) is 7.73. The van der Waals surface area contributed by atoms with E-state index in [1.54, 1.807) is 0 Å². The van der Waals surface area contributed by atoms with Crippen molar-refractivity contribution >= 4 is 11.8 Å². The molecule has 1 aromatic heterocycles. The zero-order valence-corrected chi connectivity index (χ0v) is 21.5. The summed E-state index contributed by atoms with van der Waals surface area (Å²) in [6.07, 6.45) is 1.06. The average molecular weight is 534 g/mol. The fourth-order valence-corrected chi connectivity index (χ4v) is 5.57. The zero-order valence-electron chi connectivity index (χ0n) is 21.5. The third-order valence-electron chi connectivity index (χ3n) is 7.73. The second-order valence-electron chi connectivity index (χ2n) is 10.1. The number of nitrogens with one attached hydrogen (secondary N) is 1. The second-order valence-corrected chi connectivity index (χ2v) is 10.1. The molecule has 10 heteroatoms. The zero-order chi connectivity index (χ0) is 26.9. The van der Waals surface area contributed by atoms with Gasteiger partial charge < -0.3 is 15.0 Å². The lowest BCUT2D eigenvalue weighted by Crippen LogP contribution is -2.42. The molecule has 2 saturated heterocycles. The summed E-state index contributed by atoms with van der Waals surface area (Å²) in [5.74, 6) is -1.93. The number of hydrogen-bond donors (Lipinski definition) is 1. The van der Waals surface area contributed by atoms with Crippen molar-refractivity contribution in [2.45, 2.75) is 25.3 Å². The summed E-state index contributed by atoms with van der Waals surface area (Å²) in [5, 5.41) is 2.73. The van der Waals surface area contributed by atoms with E-state index in [9.17, 15) is 18.4 Å². The van der Waals surface area contributed by atoms with E-state index < -0.39 is 11.6 Å². The van der Waals surface area contributed by atoms with E-state index in [-0.39, 0.29) is 42.1 Å². The van der Waals surface area contributed by atoms with Gasteiger partial charge in [0.25, 0.3) is 5.91 Å². The Hall–Kier alpha value is -3.76. The van der Waals surface area contributed by atoms with Crippen LogP contribution in [0.3, 0.4) is 0 Å². The number of hydrogen-bond acceptors (Lipinski definition) is 6. The molecule has 3 aromatic rings. The highest BCUT2D eigenvalue weighted by molar-refractivity contribution is 5.99. The number of amides is 2. The first-order valence-electron chi connectivity index (χ1n) is 13.3. The maximum absolute atomic E-state index is 14.5. The van der Waals surface area contributed by atoms with Crippen molar-refractivity contribution in [3.05, 3.63) is 82.2 Å². The highest BCUT2D eigenvalue weighted by Gasteiger charge is 2.33. The van der Waals surface area contributed by atoms with E-state index in [1.807, 2.05) is 29.2 Å². The lowest BCUT2D eigenvalue weighted by atomic mass is 9.95. The summed E-state index contributed by atoms with van der Waals surface area (Å²) >= 11 is 0. The number of fused-ring (bicyclic) bond motifs is 1. The first-order chi connectivity index (χ1) is 19.0. The number of carbonyl (C=O) groups excluding carboxylic acids is 2. The molecule has 6 rings (SSSR count). The van der Waals surface area contributed by atoms with Gasteiger partial charge in [0.2, 0.25) is 5.91 Å². The third kappa shape index (κ3) is 5.14.